The van der Waals surface area contributed by atoms with Crippen molar-refractivity contribution in [1.82, 2.24) is 24.8 Å². The molecule has 0 unspecified atom stereocenters. The maximum Gasteiger partial charge on any atom is 0.240 e. The molecule has 34 heavy (non-hydrogen) atoms. The highest BCUT2D eigenvalue weighted by molar-refractivity contribution is 6.01. The Morgan fingerprint density at radius 3 is 2.50 bits per heavy atom. The number of nitrogens with one attached hydrogen (secondary N) is 1. The molecule has 0 bridgehead atoms. The van der Waals surface area contributed by atoms with Gasteiger partial charge in [-0.1, -0.05) is 30.3 Å². The van der Waals surface area contributed by atoms with E-state index in [0.29, 0.717) is 18.0 Å². The number of nitrogens with zero attached hydrogens (tertiary/aromatic N) is 4. The zero-order valence-electron chi connectivity index (χ0n) is 19.0. The van der Waals surface area contributed by atoms with Gasteiger partial charge >= 0.3 is 0 Å². The molecule has 1 aliphatic rings. The van der Waals surface area contributed by atoms with Crippen LogP contribution in [0.1, 0.15) is 12.8 Å². The Morgan fingerprint density at radius 1 is 1.00 bits per heavy atom. The first-order valence-corrected chi connectivity index (χ1v) is 11.6. The van der Waals surface area contributed by atoms with Crippen molar-refractivity contribution < 1.29 is 9.53 Å². The van der Waals surface area contributed by atoms with Crippen molar-refractivity contribution in [1.29, 1.82) is 0 Å². The monoisotopic (exact) mass is 456 g/mol. The average Bonchev–Trinajstić information content (AvgIpc) is 3.49. The van der Waals surface area contributed by atoms with Gasteiger partial charge in [-0.3, -0.25) is 4.79 Å². The molecule has 2 aromatic carbocycles. The molecule has 8 nitrogen and oxygen atoms in total. The number of benzene rings is 2. The summed E-state index contributed by atoms with van der Waals surface area (Å²) in [4.78, 5) is 23.6. The molecule has 0 aliphatic carbocycles. The van der Waals surface area contributed by atoms with Gasteiger partial charge in [-0.2, -0.15) is 0 Å². The van der Waals surface area contributed by atoms with Crippen molar-refractivity contribution in [3.05, 3.63) is 67.1 Å². The normalized spacial score (nSPS) is 13.9. The van der Waals surface area contributed by atoms with Crippen molar-refractivity contribution in [3.63, 3.8) is 0 Å². The topological polar surface area (TPSA) is 98.3 Å². The molecule has 1 amide bonds. The van der Waals surface area contributed by atoms with Gasteiger partial charge < -0.3 is 25.3 Å². The number of nitrogen functional groups attached to an aromatic ring is 1. The summed E-state index contributed by atoms with van der Waals surface area (Å²) in [6.45, 7) is 3.93. The molecule has 0 spiro atoms. The molecule has 1 aliphatic heterocycles. The number of fused-ring (bicyclic) bond motifs is 1. The van der Waals surface area contributed by atoms with Gasteiger partial charge in [0.25, 0.3) is 0 Å². The third-order valence-corrected chi connectivity index (χ3v) is 6.09. The van der Waals surface area contributed by atoms with Gasteiger partial charge in [0.1, 0.15) is 35.8 Å². The summed E-state index contributed by atoms with van der Waals surface area (Å²) in [6, 6.07) is 17.4. The number of nitrogens with two attached hydrogens (primary N) is 1. The molecule has 4 aromatic rings. The van der Waals surface area contributed by atoms with E-state index in [-0.39, 0.29) is 12.5 Å². The Bertz CT molecular complexity index is 1260. The molecule has 0 atom stereocenters. The van der Waals surface area contributed by atoms with Crippen molar-refractivity contribution in [2.75, 3.05) is 31.9 Å². The van der Waals surface area contributed by atoms with Crippen LogP contribution in [0.3, 0.4) is 0 Å². The van der Waals surface area contributed by atoms with Crippen LogP contribution in [0.25, 0.3) is 22.2 Å². The van der Waals surface area contributed by atoms with E-state index < -0.39 is 0 Å². The average molecular weight is 457 g/mol. The van der Waals surface area contributed by atoms with Crippen LogP contribution in [0.5, 0.6) is 11.5 Å². The fraction of sp³-hybridized carbons (Fsp3) is 0.269. The molecule has 8 heteroatoms. The Hall–Kier alpha value is -3.91. The second kappa shape index (κ2) is 9.93. The van der Waals surface area contributed by atoms with E-state index in [9.17, 15) is 4.79 Å². The van der Waals surface area contributed by atoms with Crippen LogP contribution < -0.4 is 15.8 Å². The first-order valence-electron chi connectivity index (χ1n) is 11.6. The van der Waals surface area contributed by atoms with E-state index in [1.54, 1.807) is 0 Å². The number of hydrogen-bond acceptors (Lipinski definition) is 6. The molecule has 5 rings (SSSR count). The largest absolute Gasteiger partial charge is 0.457 e. The molecule has 1 saturated heterocycles. The number of ether oxygens (including phenoxy) is 1. The minimum Gasteiger partial charge on any atom is -0.457 e. The van der Waals surface area contributed by atoms with Crippen LogP contribution in [0.4, 0.5) is 5.82 Å². The summed E-state index contributed by atoms with van der Waals surface area (Å²) in [5.41, 5.74) is 8.69. The lowest BCUT2D eigenvalue weighted by atomic mass is 10.1. The van der Waals surface area contributed by atoms with Crippen LogP contribution in [-0.4, -0.2) is 51.5 Å². The molecule has 174 valence electrons. The standard InChI is InChI=1S/C26H28N6O2/c27-25-24-22(19-8-10-21(11-9-19)34-20-6-2-1-3-7-20)16-32(26(24)30-18-29-25)17-23(33)28-12-15-31-13-4-5-14-31/h1-3,6-11,16,18H,4-5,12-15,17H2,(H,28,33)(H2,27,29,30). The van der Waals surface area contributed by atoms with Gasteiger partial charge in [-0.25, -0.2) is 9.97 Å². The van der Waals surface area contributed by atoms with E-state index in [2.05, 4.69) is 20.2 Å². The number of anilines is 1. The number of amides is 1. The van der Waals surface area contributed by atoms with Crippen LogP contribution in [0, 0.1) is 0 Å². The van der Waals surface area contributed by atoms with E-state index in [1.165, 1.54) is 19.2 Å². The molecule has 0 saturated carbocycles. The molecule has 3 N–H and O–H groups in total. The molecule has 1 fully saturated rings. The fourth-order valence-corrected chi connectivity index (χ4v) is 4.38. The summed E-state index contributed by atoms with van der Waals surface area (Å²) >= 11 is 0. The molecule has 3 heterocycles. The van der Waals surface area contributed by atoms with Gasteiger partial charge in [0.05, 0.1) is 5.39 Å². The lowest BCUT2D eigenvalue weighted by Gasteiger charge is -2.14. The number of aromatic nitrogens is 3. The van der Waals surface area contributed by atoms with Crippen molar-refractivity contribution in [3.8, 4) is 22.6 Å². The van der Waals surface area contributed by atoms with Gasteiger partial charge in [-0.05, 0) is 55.8 Å². The van der Waals surface area contributed by atoms with E-state index in [1.807, 2.05) is 65.4 Å². The van der Waals surface area contributed by atoms with E-state index in [0.717, 1.165) is 47.6 Å². The lowest BCUT2D eigenvalue weighted by molar-refractivity contribution is -0.121. The number of carbonyl (C=O) groups excluding carboxylic acids is 1. The second-order valence-electron chi connectivity index (χ2n) is 8.47. The van der Waals surface area contributed by atoms with Crippen molar-refractivity contribution >= 4 is 22.8 Å². The highest BCUT2D eigenvalue weighted by Gasteiger charge is 2.17. The van der Waals surface area contributed by atoms with Gasteiger partial charge in [-0.15, -0.1) is 0 Å². The smallest absolute Gasteiger partial charge is 0.240 e. The zero-order chi connectivity index (χ0) is 23.3. The number of hydrogen-bond donors (Lipinski definition) is 2. The summed E-state index contributed by atoms with van der Waals surface area (Å²) < 4.78 is 7.74. The minimum atomic E-state index is -0.0496. The SMILES string of the molecule is Nc1ncnc2c1c(-c1ccc(Oc3ccccc3)cc1)cn2CC(=O)NCCN1CCCC1. The number of para-hydroxylation sites is 1. The fourth-order valence-electron chi connectivity index (χ4n) is 4.38. The molecular weight excluding hydrogens is 428 g/mol. The summed E-state index contributed by atoms with van der Waals surface area (Å²) in [6.07, 6.45) is 5.84. The Balaban J connectivity index is 1.34. The van der Waals surface area contributed by atoms with Gasteiger partial charge in [0, 0.05) is 24.8 Å². The van der Waals surface area contributed by atoms with Crippen molar-refractivity contribution in [2.24, 2.45) is 0 Å². The minimum absolute atomic E-state index is 0.0496. The Labute approximate surface area is 198 Å². The van der Waals surface area contributed by atoms with Crippen LogP contribution in [0.15, 0.2) is 67.1 Å². The van der Waals surface area contributed by atoms with E-state index in [4.69, 9.17) is 10.5 Å². The highest BCUT2D eigenvalue weighted by atomic mass is 16.5. The number of likely N-dealkylation sites (tertiary alicyclic amines) is 1. The maximum atomic E-state index is 12.6. The summed E-state index contributed by atoms with van der Waals surface area (Å²) in [7, 11) is 0. The van der Waals surface area contributed by atoms with Gasteiger partial charge in [0.2, 0.25) is 5.91 Å². The maximum absolute atomic E-state index is 12.6. The lowest BCUT2D eigenvalue weighted by Crippen LogP contribution is -2.35. The summed E-state index contributed by atoms with van der Waals surface area (Å²) in [5, 5.41) is 3.76. The van der Waals surface area contributed by atoms with Crippen LogP contribution >= 0.6 is 0 Å². The first kappa shape index (κ1) is 21.9. The third-order valence-electron chi connectivity index (χ3n) is 6.09. The molecule has 0 radical (unpaired) electrons. The zero-order valence-corrected chi connectivity index (χ0v) is 19.0. The second-order valence-corrected chi connectivity index (χ2v) is 8.47. The predicted molar refractivity (Wildman–Crippen MR) is 133 cm³/mol. The number of carbonyl (C=O) groups is 1. The van der Waals surface area contributed by atoms with E-state index >= 15 is 0 Å². The van der Waals surface area contributed by atoms with Crippen molar-refractivity contribution in [2.45, 2.75) is 19.4 Å². The quantitative estimate of drug-likeness (QED) is 0.420. The number of rotatable bonds is 8. The Morgan fingerprint density at radius 2 is 1.74 bits per heavy atom. The van der Waals surface area contributed by atoms with Gasteiger partial charge in [0.15, 0.2) is 0 Å². The molecule has 2 aromatic heterocycles. The predicted octanol–water partition coefficient (Wildman–Crippen LogP) is 3.68. The summed E-state index contributed by atoms with van der Waals surface area (Å²) in [5.74, 6) is 1.85. The van der Waals surface area contributed by atoms with Crippen LogP contribution in [0.2, 0.25) is 0 Å². The Kier molecular flexibility index (Phi) is 6.40. The van der Waals surface area contributed by atoms with Crippen LogP contribution in [-0.2, 0) is 11.3 Å². The molecular formula is C26H28N6O2. The first-order chi connectivity index (χ1) is 16.7. The third kappa shape index (κ3) is 4.87. The highest BCUT2D eigenvalue weighted by Crippen LogP contribution is 2.34.